The van der Waals surface area contributed by atoms with Gasteiger partial charge in [-0.25, -0.2) is 9.38 Å². The quantitative estimate of drug-likeness (QED) is 0.865. The Morgan fingerprint density at radius 1 is 1.73 bits per heavy atom. The molecule has 2 N–H and O–H groups in total. The highest BCUT2D eigenvalue weighted by atomic mass is 35.5. The summed E-state index contributed by atoms with van der Waals surface area (Å²) in [7, 11) is 0. The first kappa shape index (κ1) is 10.6. The maximum Gasteiger partial charge on any atom is 0.259 e. The van der Waals surface area contributed by atoms with Crippen molar-refractivity contribution in [2.75, 3.05) is 0 Å². The lowest BCUT2D eigenvalue weighted by atomic mass is 10.2. The normalized spacial score (nSPS) is 13.3. The standard InChI is InChI=1S/C9H10ClN3OS/c1-5(11)4-6-8(10)13-7(14)2-3-12-9(13)15-6/h2-3,5H,4,11H2,1H3. The molecule has 0 radical (unpaired) electrons. The molecule has 15 heavy (non-hydrogen) atoms. The van der Waals surface area contributed by atoms with Gasteiger partial charge in [-0.15, -0.1) is 0 Å². The van der Waals surface area contributed by atoms with Crippen LogP contribution in [0.25, 0.3) is 4.96 Å². The van der Waals surface area contributed by atoms with Crippen LogP contribution in [0.3, 0.4) is 0 Å². The molecule has 1 unspecified atom stereocenters. The Hall–Kier alpha value is -0.910. The molecule has 0 aromatic carbocycles. The molecular weight excluding hydrogens is 234 g/mol. The van der Waals surface area contributed by atoms with Crippen LogP contribution in [0, 0.1) is 0 Å². The first-order chi connectivity index (χ1) is 7.09. The molecule has 0 aliphatic rings. The number of thiazole rings is 1. The molecule has 0 amide bonds. The summed E-state index contributed by atoms with van der Waals surface area (Å²) < 4.78 is 1.41. The first-order valence-corrected chi connectivity index (χ1v) is 5.69. The molecule has 4 nitrogen and oxygen atoms in total. The van der Waals surface area contributed by atoms with Gasteiger partial charge in [0.2, 0.25) is 0 Å². The topological polar surface area (TPSA) is 60.4 Å². The highest BCUT2D eigenvalue weighted by Crippen LogP contribution is 2.25. The summed E-state index contributed by atoms with van der Waals surface area (Å²) in [5.74, 6) is 0. The highest BCUT2D eigenvalue weighted by Gasteiger charge is 2.13. The van der Waals surface area contributed by atoms with Crippen molar-refractivity contribution in [2.24, 2.45) is 5.73 Å². The fourth-order valence-corrected chi connectivity index (χ4v) is 2.87. The second-order valence-electron chi connectivity index (χ2n) is 3.40. The van der Waals surface area contributed by atoms with E-state index in [0.29, 0.717) is 16.5 Å². The molecule has 0 aliphatic carbocycles. The summed E-state index contributed by atoms with van der Waals surface area (Å²) in [6.07, 6.45) is 2.15. The maximum absolute atomic E-state index is 11.5. The van der Waals surface area contributed by atoms with Crippen LogP contribution >= 0.6 is 22.9 Å². The zero-order valence-corrected chi connectivity index (χ0v) is 9.68. The van der Waals surface area contributed by atoms with Crippen molar-refractivity contribution in [2.45, 2.75) is 19.4 Å². The number of aromatic nitrogens is 2. The van der Waals surface area contributed by atoms with Crippen molar-refractivity contribution in [3.05, 3.63) is 32.6 Å². The van der Waals surface area contributed by atoms with Gasteiger partial charge in [0.15, 0.2) is 4.96 Å². The van der Waals surface area contributed by atoms with Crippen molar-refractivity contribution in [3.63, 3.8) is 0 Å². The molecule has 1 atom stereocenters. The minimum atomic E-state index is -0.155. The van der Waals surface area contributed by atoms with Gasteiger partial charge in [-0.05, 0) is 13.3 Å². The van der Waals surface area contributed by atoms with Gasteiger partial charge in [-0.1, -0.05) is 22.9 Å². The number of fused-ring (bicyclic) bond motifs is 1. The molecule has 2 aromatic heterocycles. The zero-order valence-electron chi connectivity index (χ0n) is 8.11. The summed E-state index contributed by atoms with van der Waals surface area (Å²) in [5, 5.41) is 0.436. The SMILES string of the molecule is CC(N)Cc1sc2nccc(=O)n2c1Cl. The minimum absolute atomic E-state index is 0.0197. The van der Waals surface area contributed by atoms with Gasteiger partial charge in [0.05, 0.1) is 0 Å². The van der Waals surface area contributed by atoms with E-state index in [9.17, 15) is 4.79 Å². The van der Waals surface area contributed by atoms with Gasteiger partial charge in [0.25, 0.3) is 5.56 Å². The van der Waals surface area contributed by atoms with Crippen LogP contribution in [-0.2, 0) is 6.42 Å². The molecule has 0 saturated heterocycles. The predicted octanol–water partition coefficient (Wildman–Crippen LogP) is 1.30. The van der Waals surface area contributed by atoms with E-state index in [1.807, 2.05) is 6.92 Å². The van der Waals surface area contributed by atoms with Gasteiger partial charge in [0.1, 0.15) is 5.15 Å². The van der Waals surface area contributed by atoms with E-state index in [2.05, 4.69) is 4.98 Å². The number of hydrogen-bond donors (Lipinski definition) is 1. The predicted molar refractivity (Wildman–Crippen MR) is 61.7 cm³/mol. The van der Waals surface area contributed by atoms with E-state index in [4.69, 9.17) is 17.3 Å². The number of nitrogens with two attached hydrogens (primary N) is 1. The minimum Gasteiger partial charge on any atom is -0.328 e. The molecule has 2 rings (SSSR count). The van der Waals surface area contributed by atoms with Gasteiger partial charge in [-0.3, -0.25) is 4.79 Å². The van der Waals surface area contributed by atoms with Crippen molar-refractivity contribution in [1.29, 1.82) is 0 Å². The lowest BCUT2D eigenvalue weighted by molar-refractivity contribution is 0.744. The second-order valence-corrected chi connectivity index (χ2v) is 4.82. The smallest absolute Gasteiger partial charge is 0.259 e. The highest BCUT2D eigenvalue weighted by molar-refractivity contribution is 7.17. The first-order valence-electron chi connectivity index (χ1n) is 4.50. The molecule has 0 bridgehead atoms. The van der Waals surface area contributed by atoms with Gasteiger partial charge < -0.3 is 5.73 Å². The molecule has 0 aliphatic heterocycles. The fraction of sp³-hybridized carbons (Fsp3) is 0.333. The molecule has 6 heteroatoms. The Kier molecular flexibility index (Phi) is 2.77. The number of nitrogens with zero attached hydrogens (tertiary/aromatic N) is 2. The monoisotopic (exact) mass is 243 g/mol. The van der Waals surface area contributed by atoms with Crippen molar-refractivity contribution < 1.29 is 0 Å². The third-order valence-corrected chi connectivity index (χ3v) is 3.55. The average molecular weight is 244 g/mol. The Morgan fingerprint density at radius 3 is 3.07 bits per heavy atom. The molecule has 0 fully saturated rings. The van der Waals surface area contributed by atoms with E-state index in [-0.39, 0.29) is 11.6 Å². The molecule has 0 saturated carbocycles. The molecule has 80 valence electrons. The van der Waals surface area contributed by atoms with Crippen LogP contribution in [-0.4, -0.2) is 15.4 Å². The maximum atomic E-state index is 11.5. The third-order valence-electron chi connectivity index (χ3n) is 1.96. The van der Waals surface area contributed by atoms with E-state index in [1.54, 1.807) is 0 Å². The molecule has 2 heterocycles. The van der Waals surface area contributed by atoms with E-state index < -0.39 is 0 Å². The summed E-state index contributed by atoms with van der Waals surface area (Å²) in [4.78, 5) is 17.1. The van der Waals surface area contributed by atoms with Crippen LogP contribution in [0.2, 0.25) is 5.15 Å². The Morgan fingerprint density at radius 2 is 2.47 bits per heavy atom. The Labute approximate surface area is 95.3 Å². The van der Waals surface area contributed by atoms with Crippen LogP contribution in [0.5, 0.6) is 0 Å². The molecular formula is C9H10ClN3OS. The summed E-state index contributed by atoms with van der Waals surface area (Å²) >= 11 is 7.49. The number of halogens is 1. The van der Waals surface area contributed by atoms with Gasteiger partial charge >= 0.3 is 0 Å². The number of rotatable bonds is 2. The summed E-state index contributed by atoms with van der Waals surface area (Å²) in [5.41, 5.74) is 5.54. The van der Waals surface area contributed by atoms with Crippen molar-refractivity contribution in [3.8, 4) is 0 Å². The molecule has 2 aromatic rings. The van der Waals surface area contributed by atoms with Gasteiger partial charge in [0, 0.05) is 23.2 Å². The summed E-state index contributed by atoms with van der Waals surface area (Å²) in [6, 6.07) is 1.41. The van der Waals surface area contributed by atoms with E-state index >= 15 is 0 Å². The Balaban J connectivity index is 2.65. The fourth-order valence-electron chi connectivity index (χ4n) is 1.34. The lowest BCUT2D eigenvalue weighted by Crippen LogP contribution is -2.17. The van der Waals surface area contributed by atoms with E-state index in [1.165, 1.54) is 28.0 Å². The lowest BCUT2D eigenvalue weighted by Gasteiger charge is -2.01. The van der Waals surface area contributed by atoms with Crippen LogP contribution in [0.1, 0.15) is 11.8 Å². The zero-order chi connectivity index (χ0) is 11.0. The van der Waals surface area contributed by atoms with Crippen LogP contribution in [0.15, 0.2) is 17.1 Å². The summed E-state index contributed by atoms with van der Waals surface area (Å²) in [6.45, 7) is 1.90. The van der Waals surface area contributed by atoms with E-state index in [0.717, 1.165) is 4.88 Å². The van der Waals surface area contributed by atoms with Crippen LogP contribution < -0.4 is 11.3 Å². The number of hydrogen-bond acceptors (Lipinski definition) is 4. The largest absolute Gasteiger partial charge is 0.328 e. The van der Waals surface area contributed by atoms with Crippen molar-refractivity contribution >= 4 is 27.9 Å². The third kappa shape index (κ3) is 1.90. The van der Waals surface area contributed by atoms with Crippen molar-refractivity contribution in [1.82, 2.24) is 9.38 Å². The Bertz CT molecular complexity index is 546. The van der Waals surface area contributed by atoms with Gasteiger partial charge in [-0.2, -0.15) is 0 Å². The molecule has 0 spiro atoms. The average Bonchev–Trinajstić information content (AvgIpc) is 2.44. The van der Waals surface area contributed by atoms with Crippen LogP contribution in [0.4, 0.5) is 0 Å². The second kappa shape index (κ2) is 3.92.